The fraction of sp³-hybridized carbons (Fsp3) is 0.214. The maximum atomic E-state index is 5.88. The molecule has 1 aromatic heterocycles. The van der Waals surface area contributed by atoms with Crippen LogP contribution in [0.1, 0.15) is 18.5 Å². The largest absolute Gasteiger partial charge is 0.313 e. The molecule has 1 N–H and O–H groups in total. The van der Waals surface area contributed by atoms with E-state index in [1.807, 2.05) is 43.7 Å². The number of halogens is 1. The summed E-state index contributed by atoms with van der Waals surface area (Å²) in [6.07, 6.45) is 3.76. The van der Waals surface area contributed by atoms with Crippen molar-refractivity contribution in [1.29, 1.82) is 0 Å². The van der Waals surface area contributed by atoms with Crippen molar-refractivity contribution in [1.82, 2.24) is 10.3 Å². The fourth-order valence-electron chi connectivity index (χ4n) is 1.66. The first-order valence-corrected chi connectivity index (χ1v) is 5.96. The quantitative estimate of drug-likeness (QED) is 0.894. The second kappa shape index (κ2) is 5.30. The summed E-state index contributed by atoms with van der Waals surface area (Å²) in [5, 5.41) is 3.96. The SMILES string of the molecule is CNC(C)c1cncc(-c2ccc(Cl)cc2)c1. The summed E-state index contributed by atoms with van der Waals surface area (Å²) in [4.78, 5) is 4.28. The Hall–Kier alpha value is -1.38. The van der Waals surface area contributed by atoms with Crippen molar-refractivity contribution in [3.8, 4) is 11.1 Å². The molecule has 1 unspecified atom stereocenters. The van der Waals surface area contributed by atoms with Gasteiger partial charge in [-0.1, -0.05) is 23.7 Å². The van der Waals surface area contributed by atoms with Crippen molar-refractivity contribution in [2.24, 2.45) is 0 Å². The van der Waals surface area contributed by atoms with Crippen LogP contribution in [0.4, 0.5) is 0 Å². The van der Waals surface area contributed by atoms with Crippen molar-refractivity contribution in [2.75, 3.05) is 7.05 Å². The lowest BCUT2D eigenvalue weighted by Crippen LogP contribution is -2.12. The van der Waals surface area contributed by atoms with Crippen LogP contribution in [-0.4, -0.2) is 12.0 Å². The lowest BCUT2D eigenvalue weighted by Gasteiger charge is -2.11. The highest BCUT2D eigenvalue weighted by Gasteiger charge is 2.05. The summed E-state index contributed by atoms with van der Waals surface area (Å²) >= 11 is 5.88. The van der Waals surface area contributed by atoms with Crippen molar-refractivity contribution < 1.29 is 0 Å². The molecule has 2 aromatic rings. The fourth-order valence-corrected chi connectivity index (χ4v) is 1.79. The van der Waals surface area contributed by atoms with Crippen LogP contribution in [0.3, 0.4) is 0 Å². The van der Waals surface area contributed by atoms with Crippen LogP contribution < -0.4 is 5.32 Å². The van der Waals surface area contributed by atoms with Gasteiger partial charge in [-0.15, -0.1) is 0 Å². The number of nitrogens with one attached hydrogen (secondary N) is 1. The Morgan fingerprint density at radius 1 is 1.12 bits per heavy atom. The average molecular weight is 247 g/mol. The minimum Gasteiger partial charge on any atom is -0.313 e. The Balaban J connectivity index is 2.36. The molecule has 2 rings (SSSR count). The van der Waals surface area contributed by atoms with Gasteiger partial charge < -0.3 is 5.32 Å². The molecule has 1 atom stereocenters. The zero-order valence-corrected chi connectivity index (χ0v) is 10.7. The summed E-state index contributed by atoms with van der Waals surface area (Å²) < 4.78 is 0. The van der Waals surface area contributed by atoms with Gasteiger partial charge in [-0.2, -0.15) is 0 Å². The molecule has 0 saturated carbocycles. The Kier molecular flexibility index (Phi) is 3.77. The van der Waals surface area contributed by atoms with Gasteiger partial charge in [0.1, 0.15) is 0 Å². The Labute approximate surface area is 107 Å². The highest BCUT2D eigenvalue weighted by atomic mass is 35.5. The zero-order valence-electron chi connectivity index (χ0n) is 9.94. The van der Waals surface area contributed by atoms with Gasteiger partial charge in [0.15, 0.2) is 0 Å². The molecule has 0 aliphatic heterocycles. The molecule has 0 spiro atoms. The Morgan fingerprint density at radius 3 is 2.47 bits per heavy atom. The molecule has 0 fully saturated rings. The summed E-state index contributed by atoms with van der Waals surface area (Å²) in [7, 11) is 1.94. The minimum absolute atomic E-state index is 0.301. The standard InChI is InChI=1S/C14H15ClN2/c1-10(16-2)12-7-13(9-17-8-12)11-3-5-14(15)6-4-11/h3-10,16H,1-2H3. The maximum absolute atomic E-state index is 5.88. The molecule has 17 heavy (non-hydrogen) atoms. The molecular weight excluding hydrogens is 232 g/mol. The van der Waals surface area contributed by atoms with Crippen LogP contribution in [0.5, 0.6) is 0 Å². The van der Waals surface area contributed by atoms with E-state index in [9.17, 15) is 0 Å². The third-order valence-electron chi connectivity index (χ3n) is 2.87. The molecule has 3 heteroatoms. The molecule has 88 valence electrons. The molecule has 1 heterocycles. The van der Waals surface area contributed by atoms with Gasteiger partial charge in [0.05, 0.1) is 0 Å². The van der Waals surface area contributed by atoms with E-state index in [0.717, 1.165) is 16.1 Å². The highest BCUT2D eigenvalue weighted by molar-refractivity contribution is 6.30. The third kappa shape index (κ3) is 2.84. The highest BCUT2D eigenvalue weighted by Crippen LogP contribution is 2.23. The Morgan fingerprint density at radius 2 is 1.82 bits per heavy atom. The van der Waals surface area contributed by atoms with Crippen LogP contribution in [0.2, 0.25) is 5.02 Å². The first-order chi connectivity index (χ1) is 8.20. The molecular formula is C14H15ClN2. The molecule has 1 aromatic carbocycles. The van der Waals surface area contributed by atoms with E-state index < -0.39 is 0 Å². The van der Waals surface area contributed by atoms with E-state index in [4.69, 9.17) is 11.6 Å². The van der Waals surface area contributed by atoms with E-state index >= 15 is 0 Å². The Bertz CT molecular complexity index is 494. The number of pyridine rings is 1. The van der Waals surface area contributed by atoms with Crippen LogP contribution in [0, 0.1) is 0 Å². The summed E-state index contributed by atoms with van der Waals surface area (Å²) in [6, 6.07) is 10.3. The third-order valence-corrected chi connectivity index (χ3v) is 3.12. The summed E-state index contributed by atoms with van der Waals surface area (Å²) in [6.45, 7) is 2.11. The number of aromatic nitrogens is 1. The normalized spacial score (nSPS) is 12.4. The van der Waals surface area contributed by atoms with Crippen molar-refractivity contribution >= 4 is 11.6 Å². The maximum Gasteiger partial charge on any atom is 0.0406 e. The number of hydrogen-bond donors (Lipinski definition) is 1. The molecule has 0 aliphatic rings. The summed E-state index contributed by atoms with van der Waals surface area (Å²) in [5.41, 5.74) is 3.42. The average Bonchev–Trinajstić information content (AvgIpc) is 2.39. The second-order valence-electron chi connectivity index (χ2n) is 4.02. The van der Waals surface area contributed by atoms with Gasteiger partial charge in [0.25, 0.3) is 0 Å². The lowest BCUT2D eigenvalue weighted by molar-refractivity contribution is 0.650. The molecule has 0 bridgehead atoms. The van der Waals surface area contributed by atoms with Crippen LogP contribution >= 0.6 is 11.6 Å². The molecule has 0 saturated heterocycles. The number of nitrogens with zero attached hydrogens (tertiary/aromatic N) is 1. The van der Waals surface area contributed by atoms with E-state index in [0.29, 0.717) is 6.04 Å². The predicted molar refractivity (Wildman–Crippen MR) is 72.2 cm³/mol. The van der Waals surface area contributed by atoms with Gasteiger partial charge in [0.2, 0.25) is 0 Å². The van der Waals surface area contributed by atoms with Gasteiger partial charge in [-0.3, -0.25) is 4.98 Å². The first kappa shape index (κ1) is 12.1. The first-order valence-electron chi connectivity index (χ1n) is 5.59. The second-order valence-corrected chi connectivity index (χ2v) is 4.46. The van der Waals surface area contributed by atoms with Gasteiger partial charge in [-0.25, -0.2) is 0 Å². The van der Waals surface area contributed by atoms with E-state index in [1.165, 1.54) is 5.56 Å². The lowest BCUT2D eigenvalue weighted by atomic mass is 10.0. The van der Waals surface area contributed by atoms with E-state index in [-0.39, 0.29) is 0 Å². The van der Waals surface area contributed by atoms with Crippen molar-refractivity contribution in [3.05, 3.63) is 53.3 Å². The topological polar surface area (TPSA) is 24.9 Å². The monoisotopic (exact) mass is 246 g/mol. The van der Waals surface area contributed by atoms with Crippen LogP contribution in [0.15, 0.2) is 42.7 Å². The minimum atomic E-state index is 0.301. The number of rotatable bonds is 3. The van der Waals surface area contributed by atoms with Gasteiger partial charge in [-0.05, 0) is 43.3 Å². The van der Waals surface area contributed by atoms with Gasteiger partial charge >= 0.3 is 0 Å². The van der Waals surface area contributed by atoms with Gasteiger partial charge in [0, 0.05) is 29.0 Å². The predicted octanol–water partition coefficient (Wildman–Crippen LogP) is 3.68. The molecule has 0 aliphatic carbocycles. The smallest absolute Gasteiger partial charge is 0.0406 e. The van der Waals surface area contributed by atoms with Crippen LogP contribution in [-0.2, 0) is 0 Å². The molecule has 2 nitrogen and oxygen atoms in total. The molecule has 0 amide bonds. The number of benzene rings is 1. The van der Waals surface area contributed by atoms with E-state index in [2.05, 4.69) is 23.3 Å². The summed E-state index contributed by atoms with van der Waals surface area (Å²) in [5.74, 6) is 0. The zero-order chi connectivity index (χ0) is 12.3. The van der Waals surface area contributed by atoms with Crippen molar-refractivity contribution in [3.63, 3.8) is 0 Å². The van der Waals surface area contributed by atoms with E-state index in [1.54, 1.807) is 0 Å². The van der Waals surface area contributed by atoms with Crippen LogP contribution in [0.25, 0.3) is 11.1 Å². The van der Waals surface area contributed by atoms with Crippen molar-refractivity contribution in [2.45, 2.75) is 13.0 Å². The molecule has 0 radical (unpaired) electrons. The number of hydrogen-bond acceptors (Lipinski definition) is 2.